The topological polar surface area (TPSA) is 85.4 Å². The molecule has 1 saturated heterocycles. The fraction of sp³-hybridized carbons (Fsp3) is 0.667. The fourth-order valence-electron chi connectivity index (χ4n) is 4.06. The van der Waals surface area contributed by atoms with Gasteiger partial charge in [0.05, 0.1) is 0 Å². The zero-order chi connectivity index (χ0) is 26.2. The third-order valence-corrected chi connectivity index (χ3v) is 6.05. The maximum atomic E-state index is 13.2. The average Bonchev–Trinajstić information content (AvgIpc) is 2.81. The van der Waals surface area contributed by atoms with Gasteiger partial charge in [-0.15, -0.1) is 0 Å². The molecule has 0 bridgehead atoms. The van der Waals surface area contributed by atoms with Crippen molar-refractivity contribution in [1.82, 2.24) is 9.80 Å². The predicted octanol–water partition coefficient (Wildman–Crippen LogP) is 4.16. The van der Waals surface area contributed by atoms with Crippen molar-refractivity contribution < 1.29 is 28.6 Å². The van der Waals surface area contributed by atoms with Gasteiger partial charge in [0, 0.05) is 40.8 Å². The van der Waals surface area contributed by atoms with Crippen LogP contribution in [0.25, 0.3) is 0 Å². The van der Waals surface area contributed by atoms with Crippen molar-refractivity contribution in [1.29, 1.82) is 0 Å². The minimum Gasteiger partial charge on any atom is -0.450 e. The van der Waals surface area contributed by atoms with Crippen LogP contribution in [-0.2, 0) is 30.2 Å². The number of amides is 2. The first kappa shape index (κ1) is 28.6. The van der Waals surface area contributed by atoms with Gasteiger partial charge in [-0.05, 0) is 57.1 Å². The summed E-state index contributed by atoms with van der Waals surface area (Å²) in [5, 5.41) is 0. The second-order valence-corrected chi connectivity index (χ2v) is 10.4. The van der Waals surface area contributed by atoms with Crippen molar-refractivity contribution >= 4 is 18.0 Å². The van der Waals surface area contributed by atoms with Gasteiger partial charge in [-0.2, -0.15) is 0 Å². The molecule has 8 heteroatoms. The Morgan fingerprint density at radius 3 is 2.17 bits per heavy atom. The molecule has 0 unspecified atom stereocenters. The van der Waals surface area contributed by atoms with Gasteiger partial charge in [0.25, 0.3) is 5.91 Å². The maximum absolute atomic E-state index is 13.2. The Bertz CT molecular complexity index is 840. The number of carbonyl (C=O) groups is 3. The number of carbonyl (C=O) groups excluding carboxylic acids is 3. The van der Waals surface area contributed by atoms with Gasteiger partial charge in [0.2, 0.25) is 0 Å². The molecular weight excluding hydrogens is 448 g/mol. The van der Waals surface area contributed by atoms with Crippen LogP contribution in [0.15, 0.2) is 24.3 Å². The monoisotopic (exact) mass is 490 g/mol. The van der Waals surface area contributed by atoms with Crippen molar-refractivity contribution in [2.24, 2.45) is 0 Å². The molecule has 0 radical (unpaired) electrons. The lowest BCUT2D eigenvalue weighted by Gasteiger charge is -2.30. The van der Waals surface area contributed by atoms with E-state index < -0.39 is 29.8 Å². The van der Waals surface area contributed by atoms with E-state index >= 15 is 0 Å². The van der Waals surface area contributed by atoms with Crippen LogP contribution in [0.2, 0.25) is 0 Å². The van der Waals surface area contributed by atoms with Crippen molar-refractivity contribution in [3.05, 3.63) is 35.4 Å². The third-order valence-electron chi connectivity index (χ3n) is 6.05. The molecule has 0 N–H and O–H groups in total. The van der Waals surface area contributed by atoms with E-state index in [0.717, 1.165) is 31.6 Å². The number of rotatable bonds is 9. The summed E-state index contributed by atoms with van der Waals surface area (Å²) in [6.45, 7) is 8.78. The summed E-state index contributed by atoms with van der Waals surface area (Å²) in [5.74, 6) is -0.436. The van der Waals surface area contributed by atoms with E-state index in [4.69, 9.17) is 14.2 Å². The number of benzene rings is 1. The van der Waals surface area contributed by atoms with Crippen LogP contribution in [0.4, 0.5) is 4.79 Å². The molecule has 1 heterocycles. The molecule has 1 fully saturated rings. The van der Waals surface area contributed by atoms with Crippen LogP contribution in [0.5, 0.6) is 0 Å². The van der Waals surface area contributed by atoms with Crippen LogP contribution in [-0.4, -0.2) is 79.9 Å². The Kier molecular flexibility index (Phi) is 10.6. The summed E-state index contributed by atoms with van der Waals surface area (Å²) < 4.78 is 16.6. The third kappa shape index (κ3) is 8.84. The molecule has 35 heavy (non-hydrogen) atoms. The molecule has 8 nitrogen and oxygen atoms in total. The summed E-state index contributed by atoms with van der Waals surface area (Å²) in [4.78, 5) is 41.3. The predicted molar refractivity (Wildman–Crippen MR) is 134 cm³/mol. The van der Waals surface area contributed by atoms with Gasteiger partial charge < -0.3 is 19.1 Å². The van der Waals surface area contributed by atoms with Crippen molar-refractivity contribution in [2.75, 3.05) is 34.4 Å². The van der Waals surface area contributed by atoms with E-state index in [9.17, 15) is 14.4 Å². The molecule has 1 aromatic rings. The average molecular weight is 491 g/mol. The van der Waals surface area contributed by atoms with Crippen LogP contribution in [0.1, 0.15) is 70.4 Å². The maximum Gasteiger partial charge on any atom is 0.410 e. The van der Waals surface area contributed by atoms with Gasteiger partial charge in [-0.3, -0.25) is 9.69 Å². The zero-order valence-corrected chi connectivity index (χ0v) is 22.3. The van der Waals surface area contributed by atoms with Crippen LogP contribution in [0, 0.1) is 0 Å². The highest BCUT2D eigenvalue weighted by molar-refractivity contribution is 5.86. The summed E-state index contributed by atoms with van der Waals surface area (Å²) in [6.07, 6.45) is 1.73. The highest BCUT2D eigenvalue weighted by Crippen LogP contribution is 2.27. The Morgan fingerprint density at radius 1 is 1.06 bits per heavy atom. The van der Waals surface area contributed by atoms with Gasteiger partial charge in [-0.25, -0.2) is 9.59 Å². The minimum absolute atomic E-state index is 0.256. The van der Waals surface area contributed by atoms with Crippen LogP contribution < -0.4 is 0 Å². The standard InChI is InChI=1S/C27H42N2O6/c1-8-9-22(29(7)26(32)35-27(2,3)4)25(31)34-23(24(30)28(5)6)18-19-10-12-20(13-11-19)21-14-16-33-17-15-21/h10-13,21-23H,8-9,14-18H2,1-7H3/t22-,23+/m0/s1. The largest absolute Gasteiger partial charge is 0.450 e. The quantitative estimate of drug-likeness (QED) is 0.483. The van der Waals surface area contributed by atoms with E-state index in [1.54, 1.807) is 34.9 Å². The summed E-state index contributed by atoms with van der Waals surface area (Å²) in [5.41, 5.74) is 1.47. The van der Waals surface area contributed by atoms with Crippen molar-refractivity contribution in [3.63, 3.8) is 0 Å². The molecule has 2 rings (SSSR count). The molecule has 0 spiro atoms. The van der Waals surface area contributed by atoms with Crippen molar-refractivity contribution in [3.8, 4) is 0 Å². The highest BCUT2D eigenvalue weighted by atomic mass is 16.6. The zero-order valence-electron chi connectivity index (χ0n) is 22.3. The fourth-order valence-corrected chi connectivity index (χ4v) is 4.06. The summed E-state index contributed by atoms with van der Waals surface area (Å²) in [7, 11) is 4.79. The second kappa shape index (κ2) is 12.9. The number of ether oxygens (including phenoxy) is 3. The Labute approximate surface area is 209 Å². The number of likely N-dealkylation sites (N-methyl/N-ethyl adjacent to an activating group) is 2. The van der Waals surface area contributed by atoms with E-state index in [2.05, 4.69) is 12.1 Å². The Hall–Kier alpha value is -2.61. The molecule has 2 atom stereocenters. The molecule has 196 valence electrons. The lowest BCUT2D eigenvalue weighted by atomic mass is 9.90. The lowest BCUT2D eigenvalue weighted by molar-refractivity contribution is -0.163. The molecule has 0 saturated carbocycles. The Balaban J connectivity index is 2.15. The molecular formula is C27H42N2O6. The van der Waals surface area contributed by atoms with E-state index in [1.807, 2.05) is 19.1 Å². The minimum atomic E-state index is -0.988. The van der Waals surface area contributed by atoms with Gasteiger partial charge in [0.15, 0.2) is 6.10 Å². The molecule has 1 aromatic carbocycles. The normalized spacial score (nSPS) is 16.2. The smallest absolute Gasteiger partial charge is 0.410 e. The van der Waals surface area contributed by atoms with Gasteiger partial charge >= 0.3 is 12.1 Å². The first-order valence-corrected chi connectivity index (χ1v) is 12.5. The molecule has 1 aliphatic heterocycles. The van der Waals surface area contributed by atoms with Crippen LogP contribution >= 0.6 is 0 Å². The summed E-state index contributed by atoms with van der Waals surface area (Å²) >= 11 is 0. The molecule has 1 aliphatic rings. The number of hydrogen-bond donors (Lipinski definition) is 0. The van der Waals surface area contributed by atoms with Crippen molar-refractivity contribution in [2.45, 2.75) is 83.5 Å². The van der Waals surface area contributed by atoms with E-state index in [0.29, 0.717) is 18.8 Å². The first-order chi connectivity index (χ1) is 16.4. The molecule has 0 aliphatic carbocycles. The highest BCUT2D eigenvalue weighted by Gasteiger charge is 2.34. The SMILES string of the molecule is CCC[C@@H](C(=O)O[C@H](Cc1ccc(C2CCOCC2)cc1)C(=O)N(C)C)N(C)C(=O)OC(C)(C)C. The number of nitrogens with zero attached hydrogens (tertiary/aromatic N) is 2. The van der Waals surface area contributed by atoms with Gasteiger partial charge in [-0.1, -0.05) is 37.6 Å². The first-order valence-electron chi connectivity index (χ1n) is 12.5. The Morgan fingerprint density at radius 2 is 1.66 bits per heavy atom. The second-order valence-electron chi connectivity index (χ2n) is 10.4. The lowest BCUT2D eigenvalue weighted by Crippen LogP contribution is -2.48. The number of esters is 1. The number of hydrogen-bond acceptors (Lipinski definition) is 6. The van der Waals surface area contributed by atoms with Crippen LogP contribution in [0.3, 0.4) is 0 Å². The summed E-state index contributed by atoms with van der Waals surface area (Å²) in [6, 6.07) is 7.31. The van der Waals surface area contributed by atoms with Gasteiger partial charge in [0.1, 0.15) is 11.6 Å². The molecule has 0 aromatic heterocycles. The van der Waals surface area contributed by atoms with E-state index in [-0.39, 0.29) is 12.3 Å². The molecule has 2 amide bonds. The van der Waals surface area contributed by atoms with E-state index in [1.165, 1.54) is 22.4 Å².